The third-order valence-electron chi connectivity index (χ3n) is 1.85. The third kappa shape index (κ3) is 0.925. The molecule has 0 fully saturated rings. The summed E-state index contributed by atoms with van der Waals surface area (Å²) in [5.41, 5.74) is 3.08. The molecule has 2 nitrogen and oxygen atoms in total. The molecule has 0 saturated carbocycles. The first-order valence-electron chi connectivity index (χ1n) is 3.87. The average molecular weight is 158 g/mol. The Hall–Kier alpha value is -1.57. The van der Waals surface area contributed by atoms with Gasteiger partial charge in [-0.15, -0.1) is 0 Å². The van der Waals surface area contributed by atoms with Crippen LogP contribution in [0.4, 0.5) is 0 Å². The molecular weight excluding hydrogens is 148 g/mol. The molecule has 0 atom stereocenters. The van der Waals surface area contributed by atoms with Crippen LogP contribution in [0.25, 0.3) is 11.2 Å². The van der Waals surface area contributed by atoms with E-state index in [-0.39, 0.29) is 0 Å². The molecule has 0 unspecified atom stereocenters. The average Bonchev–Trinajstić information content (AvgIpc) is 2.47. The fourth-order valence-electron chi connectivity index (χ4n) is 1.25. The summed E-state index contributed by atoms with van der Waals surface area (Å²) < 4.78 is 2.03. The summed E-state index contributed by atoms with van der Waals surface area (Å²) in [4.78, 5) is 4.24. The Morgan fingerprint density at radius 1 is 1.50 bits per heavy atom. The molecule has 2 heteroatoms. The van der Waals surface area contributed by atoms with E-state index >= 15 is 0 Å². The molecule has 2 rings (SSSR count). The summed E-state index contributed by atoms with van der Waals surface area (Å²) in [6.07, 6.45) is 3.84. The van der Waals surface area contributed by atoms with E-state index in [1.807, 2.05) is 41.9 Å². The monoisotopic (exact) mass is 158 g/mol. The lowest BCUT2D eigenvalue weighted by molar-refractivity contribution is 1.15. The molecule has 2 aromatic rings. The van der Waals surface area contributed by atoms with Gasteiger partial charge in [-0.25, -0.2) is 4.98 Å². The van der Waals surface area contributed by atoms with Crippen LogP contribution in [-0.2, 0) is 0 Å². The van der Waals surface area contributed by atoms with Crippen LogP contribution in [0.15, 0.2) is 37.2 Å². The molecule has 0 spiro atoms. The second-order valence-corrected chi connectivity index (χ2v) is 2.85. The van der Waals surface area contributed by atoms with Gasteiger partial charge in [-0.2, -0.15) is 0 Å². The zero-order valence-electron chi connectivity index (χ0n) is 6.99. The summed E-state index contributed by atoms with van der Waals surface area (Å²) in [7, 11) is 0. The summed E-state index contributed by atoms with van der Waals surface area (Å²) in [5, 5.41) is 0. The number of imidazole rings is 1. The molecule has 0 aliphatic carbocycles. The minimum absolute atomic E-state index is 0.968. The van der Waals surface area contributed by atoms with Crippen molar-refractivity contribution in [3.05, 3.63) is 42.9 Å². The number of fused-ring (bicyclic) bond motifs is 1. The van der Waals surface area contributed by atoms with Crippen molar-refractivity contribution in [3.8, 4) is 0 Å². The van der Waals surface area contributed by atoms with E-state index in [0.717, 1.165) is 16.9 Å². The Balaban J connectivity index is 2.79. The lowest BCUT2D eigenvalue weighted by atomic mass is 10.3. The lowest BCUT2D eigenvalue weighted by Crippen LogP contribution is -1.87. The molecule has 2 aromatic heterocycles. The van der Waals surface area contributed by atoms with E-state index in [0.29, 0.717) is 0 Å². The molecule has 60 valence electrons. The standard InChI is InChI=1S/C10H10N2/c1-8(2)9-7-11-10-5-3-4-6-12(9)10/h3-7H,1H2,2H3. The van der Waals surface area contributed by atoms with Gasteiger partial charge >= 0.3 is 0 Å². The highest BCUT2D eigenvalue weighted by Crippen LogP contribution is 2.12. The van der Waals surface area contributed by atoms with Gasteiger partial charge in [0.05, 0.1) is 11.9 Å². The molecule has 0 N–H and O–H groups in total. The van der Waals surface area contributed by atoms with Crippen molar-refractivity contribution < 1.29 is 0 Å². The van der Waals surface area contributed by atoms with Crippen LogP contribution in [-0.4, -0.2) is 9.38 Å². The maximum Gasteiger partial charge on any atom is 0.137 e. The number of allylic oxidation sites excluding steroid dienone is 1. The first-order chi connectivity index (χ1) is 5.79. The number of hydrogen-bond donors (Lipinski definition) is 0. The molecule has 0 aromatic carbocycles. The second kappa shape index (κ2) is 2.48. The van der Waals surface area contributed by atoms with Gasteiger partial charge in [0.2, 0.25) is 0 Å². The van der Waals surface area contributed by atoms with Crippen molar-refractivity contribution in [1.82, 2.24) is 9.38 Å². The van der Waals surface area contributed by atoms with E-state index in [2.05, 4.69) is 11.6 Å². The van der Waals surface area contributed by atoms with Gasteiger partial charge < -0.3 is 4.40 Å². The highest BCUT2D eigenvalue weighted by molar-refractivity contribution is 5.61. The van der Waals surface area contributed by atoms with Gasteiger partial charge in [0.1, 0.15) is 5.65 Å². The summed E-state index contributed by atoms with van der Waals surface area (Å²) in [6, 6.07) is 5.94. The highest BCUT2D eigenvalue weighted by atomic mass is 15.0. The molecule has 0 aliphatic heterocycles. The van der Waals surface area contributed by atoms with Crippen molar-refractivity contribution in [3.63, 3.8) is 0 Å². The molecule has 0 radical (unpaired) electrons. The maximum atomic E-state index is 4.24. The van der Waals surface area contributed by atoms with Crippen molar-refractivity contribution >= 4 is 11.2 Å². The first kappa shape index (κ1) is 7.10. The number of hydrogen-bond acceptors (Lipinski definition) is 1. The molecule has 0 bridgehead atoms. The maximum absolute atomic E-state index is 4.24. The topological polar surface area (TPSA) is 17.3 Å². The van der Waals surface area contributed by atoms with E-state index in [1.54, 1.807) is 0 Å². The zero-order chi connectivity index (χ0) is 8.55. The molecule has 2 heterocycles. The number of aromatic nitrogens is 2. The summed E-state index contributed by atoms with van der Waals surface area (Å²) in [6.45, 7) is 5.87. The van der Waals surface area contributed by atoms with Crippen LogP contribution in [0.5, 0.6) is 0 Å². The molecule has 0 aliphatic rings. The number of rotatable bonds is 1. The van der Waals surface area contributed by atoms with Crippen LogP contribution in [0.3, 0.4) is 0 Å². The minimum atomic E-state index is 0.968. The quantitative estimate of drug-likeness (QED) is 0.622. The molecule has 0 saturated heterocycles. The van der Waals surface area contributed by atoms with E-state index < -0.39 is 0 Å². The fourth-order valence-corrected chi connectivity index (χ4v) is 1.25. The Kier molecular flexibility index (Phi) is 1.47. The molecule has 12 heavy (non-hydrogen) atoms. The van der Waals surface area contributed by atoms with Gasteiger partial charge in [0.15, 0.2) is 0 Å². The second-order valence-electron chi connectivity index (χ2n) is 2.85. The van der Waals surface area contributed by atoms with Crippen molar-refractivity contribution in [2.24, 2.45) is 0 Å². The summed E-state index contributed by atoms with van der Waals surface area (Å²) in [5.74, 6) is 0. The zero-order valence-corrected chi connectivity index (χ0v) is 6.99. The minimum Gasteiger partial charge on any atom is -0.300 e. The van der Waals surface area contributed by atoms with Gasteiger partial charge in [0, 0.05) is 6.20 Å². The van der Waals surface area contributed by atoms with Crippen LogP contribution in [0, 0.1) is 0 Å². The Labute approximate surface area is 71.2 Å². The lowest BCUT2D eigenvalue weighted by Gasteiger charge is -1.97. The van der Waals surface area contributed by atoms with Crippen LogP contribution >= 0.6 is 0 Å². The van der Waals surface area contributed by atoms with E-state index in [4.69, 9.17) is 0 Å². The van der Waals surface area contributed by atoms with Crippen molar-refractivity contribution in [2.45, 2.75) is 6.92 Å². The van der Waals surface area contributed by atoms with E-state index in [9.17, 15) is 0 Å². The molecule has 0 amide bonds. The predicted molar refractivity (Wildman–Crippen MR) is 49.9 cm³/mol. The predicted octanol–water partition coefficient (Wildman–Crippen LogP) is 2.37. The number of nitrogens with zero attached hydrogens (tertiary/aromatic N) is 2. The Morgan fingerprint density at radius 2 is 2.33 bits per heavy atom. The largest absolute Gasteiger partial charge is 0.300 e. The smallest absolute Gasteiger partial charge is 0.137 e. The van der Waals surface area contributed by atoms with Crippen LogP contribution in [0.1, 0.15) is 12.6 Å². The normalized spacial score (nSPS) is 10.4. The van der Waals surface area contributed by atoms with Crippen LogP contribution < -0.4 is 0 Å². The van der Waals surface area contributed by atoms with E-state index in [1.165, 1.54) is 0 Å². The highest BCUT2D eigenvalue weighted by Gasteiger charge is 2.00. The third-order valence-corrected chi connectivity index (χ3v) is 1.85. The van der Waals surface area contributed by atoms with Gasteiger partial charge in [-0.05, 0) is 24.6 Å². The van der Waals surface area contributed by atoms with Crippen LogP contribution in [0.2, 0.25) is 0 Å². The van der Waals surface area contributed by atoms with Crippen molar-refractivity contribution in [2.75, 3.05) is 0 Å². The number of pyridine rings is 1. The molecular formula is C10H10N2. The Bertz CT molecular complexity index is 426. The van der Waals surface area contributed by atoms with Gasteiger partial charge in [-0.1, -0.05) is 12.6 Å². The van der Waals surface area contributed by atoms with Gasteiger partial charge in [-0.3, -0.25) is 0 Å². The fraction of sp³-hybridized carbons (Fsp3) is 0.100. The summed E-state index contributed by atoms with van der Waals surface area (Å²) >= 11 is 0. The van der Waals surface area contributed by atoms with Gasteiger partial charge in [0.25, 0.3) is 0 Å². The SMILES string of the molecule is C=C(C)c1cnc2ccccn12. The first-order valence-corrected chi connectivity index (χ1v) is 3.87. The van der Waals surface area contributed by atoms with Crippen molar-refractivity contribution in [1.29, 1.82) is 0 Å². The Morgan fingerprint density at radius 3 is 3.08 bits per heavy atom.